The van der Waals surface area contributed by atoms with E-state index in [2.05, 4.69) is 15.8 Å². The van der Waals surface area contributed by atoms with Crippen LogP contribution in [0, 0.1) is 17.1 Å². The number of carbonyl (C=O) groups is 1. The van der Waals surface area contributed by atoms with Crippen molar-refractivity contribution in [1.29, 1.82) is 5.26 Å². The number of hydrazine groups is 1. The molecule has 1 amide bonds. The van der Waals surface area contributed by atoms with Crippen molar-refractivity contribution in [2.75, 3.05) is 23.4 Å². The summed E-state index contributed by atoms with van der Waals surface area (Å²) in [6, 6.07) is 9.16. The molecule has 8 heteroatoms. The summed E-state index contributed by atoms with van der Waals surface area (Å²) in [7, 11) is 0. The number of nitrogens with zero attached hydrogens (tertiary/aromatic N) is 3. The van der Waals surface area contributed by atoms with Crippen LogP contribution in [0.1, 0.15) is 28.8 Å². The minimum absolute atomic E-state index is 0.122. The van der Waals surface area contributed by atoms with Gasteiger partial charge in [0.15, 0.2) is 0 Å². The molecule has 0 spiro atoms. The van der Waals surface area contributed by atoms with Gasteiger partial charge < -0.3 is 4.90 Å². The number of anilines is 2. The van der Waals surface area contributed by atoms with E-state index in [1.807, 2.05) is 11.0 Å². The summed E-state index contributed by atoms with van der Waals surface area (Å²) in [5.41, 5.74) is 5.97. The van der Waals surface area contributed by atoms with Gasteiger partial charge in [-0.3, -0.25) is 15.6 Å². The van der Waals surface area contributed by atoms with Gasteiger partial charge in [-0.2, -0.15) is 5.26 Å². The predicted molar refractivity (Wildman–Crippen MR) is 92.9 cm³/mol. The molecule has 0 radical (unpaired) electrons. The highest BCUT2D eigenvalue weighted by atomic mass is 35.5. The first-order valence-corrected chi connectivity index (χ1v) is 8.13. The van der Waals surface area contributed by atoms with Gasteiger partial charge in [-0.1, -0.05) is 11.6 Å². The SMILES string of the molecule is N#Cc1cc(Cl)nc(NNC(=O)c2ccc(N3CCCC3)c(F)c2)c1. The zero-order valence-electron chi connectivity index (χ0n) is 13.2. The fourth-order valence-corrected chi connectivity index (χ4v) is 2.89. The maximum atomic E-state index is 14.3. The minimum Gasteiger partial charge on any atom is -0.369 e. The summed E-state index contributed by atoms with van der Waals surface area (Å²) in [4.78, 5) is 18.1. The molecule has 2 N–H and O–H groups in total. The van der Waals surface area contributed by atoms with Crippen LogP contribution in [0.15, 0.2) is 30.3 Å². The van der Waals surface area contributed by atoms with Crippen LogP contribution in [-0.2, 0) is 0 Å². The average Bonchev–Trinajstić information content (AvgIpc) is 3.13. The number of hydrogen-bond acceptors (Lipinski definition) is 5. The van der Waals surface area contributed by atoms with Crippen LogP contribution in [-0.4, -0.2) is 24.0 Å². The number of nitriles is 1. The van der Waals surface area contributed by atoms with E-state index in [0.29, 0.717) is 11.3 Å². The van der Waals surface area contributed by atoms with Crippen LogP contribution in [0.4, 0.5) is 15.9 Å². The maximum Gasteiger partial charge on any atom is 0.269 e. The van der Waals surface area contributed by atoms with Gasteiger partial charge in [0, 0.05) is 24.7 Å². The highest BCUT2D eigenvalue weighted by Crippen LogP contribution is 2.24. The van der Waals surface area contributed by atoms with Crippen molar-refractivity contribution < 1.29 is 9.18 Å². The van der Waals surface area contributed by atoms with Crippen molar-refractivity contribution in [3.63, 3.8) is 0 Å². The van der Waals surface area contributed by atoms with E-state index in [1.165, 1.54) is 18.2 Å². The second kappa shape index (κ2) is 7.36. The van der Waals surface area contributed by atoms with Gasteiger partial charge in [-0.05, 0) is 37.1 Å². The minimum atomic E-state index is -0.521. The standard InChI is InChI=1S/C17H15ClFN5O/c18-15-7-11(10-20)8-16(21-15)22-23-17(25)12-3-4-14(13(19)9-12)24-5-1-2-6-24/h3-4,7-9H,1-2,5-6H2,(H,21,22)(H,23,25). The predicted octanol–water partition coefficient (Wildman–Crippen LogP) is 3.10. The van der Waals surface area contributed by atoms with Crippen LogP contribution in [0.3, 0.4) is 0 Å². The van der Waals surface area contributed by atoms with Gasteiger partial charge in [0.1, 0.15) is 16.8 Å². The van der Waals surface area contributed by atoms with Crippen molar-refractivity contribution in [1.82, 2.24) is 10.4 Å². The fraction of sp³-hybridized carbons (Fsp3) is 0.235. The summed E-state index contributed by atoms with van der Waals surface area (Å²) >= 11 is 5.79. The third-order valence-electron chi connectivity index (χ3n) is 3.88. The Bertz CT molecular complexity index is 845. The van der Waals surface area contributed by atoms with Gasteiger partial charge in [0.05, 0.1) is 17.3 Å². The molecule has 1 fully saturated rings. The summed E-state index contributed by atoms with van der Waals surface area (Å²) in [6.07, 6.45) is 2.09. The van der Waals surface area contributed by atoms with E-state index in [-0.39, 0.29) is 16.5 Å². The molecule has 2 heterocycles. The summed E-state index contributed by atoms with van der Waals surface area (Å²) in [5.74, 6) is -0.735. The number of aromatic nitrogens is 1. The first-order valence-electron chi connectivity index (χ1n) is 7.75. The van der Waals surface area contributed by atoms with Crippen molar-refractivity contribution in [3.8, 4) is 6.07 Å². The normalized spacial score (nSPS) is 13.4. The highest BCUT2D eigenvalue weighted by Gasteiger charge is 2.17. The van der Waals surface area contributed by atoms with Gasteiger partial charge in [-0.15, -0.1) is 0 Å². The molecular weight excluding hydrogens is 345 g/mol. The Morgan fingerprint density at radius 3 is 2.72 bits per heavy atom. The smallest absolute Gasteiger partial charge is 0.269 e. The second-order valence-electron chi connectivity index (χ2n) is 5.62. The third kappa shape index (κ3) is 3.98. The van der Waals surface area contributed by atoms with Gasteiger partial charge in [0.2, 0.25) is 0 Å². The van der Waals surface area contributed by atoms with E-state index in [1.54, 1.807) is 12.1 Å². The van der Waals surface area contributed by atoms with Crippen molar-refractivity contribution in [2.45, 2.75) is 12.8 Å². The molecule has 1 aliphatic rings. The molecule has 0 atom stereocenters. The number of benzene rings is 1. The van der Waals surface area contributed by atoms with Crippen LogP contribution >= 0.6 is 11.6 Å². The monoisotopic (exact) mass is 359 g/mol. The van der Waals surface area contributed by atoms with Gasteiger partial charge >= 0.3 is 0 Å². The van der Waals surface area contributed by atoms with E-state index in [9.17, 15) is 9.18 Å². The first kappa shape index (κ1) is 17.0. The molecular formula is C17H15ClFN5O. The summed E-state index contributed by atoms with van der Waals surface area (Å²) in [6.45, 7) is 1.65. The van der Waals surface area contributed by atoms with E-state index < -0.39 is 11.7 Å². The number of pyridine rings is 1. The van der Waals surface area contributed by atoms with Gasteiger partial charge in [-0.25, -0.2) is 9.37 Å². The summed E-state index contributed by atoms with van der Waals surface area (Å²) in [5, 5.41) is 9.01. The molecule has 1 aromatic heterocycles. The number of hydrogen-bond donors (Lipinski definition) is 2. The summed E-state index contributed by atoms with van der Waals surface area (Å²) < 4.78 is 14.3. The molecule has 1 saturated heterocycles. The van der Waals surface area contributed by atoms with Crippen molar-refractivity contribution >= 4 is 29.0 Å². The van der Waals surface area contributed by atoms with Crippen LogP contribution in [0.5, 0.6) is 0 Å². The lowest BCUT2D eigenvalue weighted by atomic mass is 10.1. The molecule has 1 aliphatic heterocycles. The molecule has 0 aliphatic carbocycles. The molecule has 128 valence electrons. The molecule has 0 saturated carbocycles. The lowest BCUT2D eigenvalue weighted by molar-refractivity contribution is 0.0962. The Morgan fingerprint density at radius 2 is 2.04 bits per heavy atom. The molecule has 1 aromatic carbocycles. The Labute approximate surface area is 149 Å². The lowest BCUT2D eigenvalue weighted by Gasteiger charge is -2.18. The highest BCUT2D eigenvalue weighted by molar-refractivity contribution is 6.29. The van der Waals surface area contributed by atoms with Crippen LogP contribution < -0.4 is 15.8 Å². The van der Waals surface area contributed by atoms with Crippen molar-refractivity contribution in [3.05, 3.63) is 52.4 Å². The molecule has 25 heavy (non-hydrogen) atoms. The zero-order valence-corrected chi connectivity index (χ0v) is 14.0. The Balaban J connectivity index is 1.68. The third-order valence-corrected chi connectivity index (χ3v) is 4.08. The average molecular weight is 360 g/mol. The molecule has 0 bridgehead atoms. The van der Waals surface area contributed by atoms with E-state index in [0.717, 1.165) is 25.9 Å². The molecule has 6 nitrogen and oxygen atoms in total. The topological polar surface area (TPSA) is 81.0 Å². The second-order valence-corrected chi connectivity index (χ2v) is 6.00. The Hall–Kier alpha value is -2.85. The quantitative estimate of drug-likeness (QED) is 0.647. The number of halogens is 2. The molecule has 0 unspecified atom stereocenters. The fourth-order valence-electron chi connectivity index (χ4n) is 2.68. The van der Waals surface area contributed by atoms with Gasteiger partial charge in [0.25, 0.3) is 5.91 Å². The van der Waals surface area contributed by atoms with Crippen LogP contribution in [0.2, 0.25) is 5.15 Å². The maximum absolute atomic E-state index is 14.3. The number of amides is 1. The number of carbonyl (C=O) groups excluding carboxylic acids is 1. The molecule has 3 rings (SSSR count). The number of nitrogens with one attached hydrogen (secondary N) is 2. The number of rotatable bonds is 4. The Morgan fingerprint density at radius 1 is 1.28 bits per heavy atom. The van der Waals surface area contributed by atoms with Crippen LogP contribution in [0.25, 0.3) is 0 Å². The van der Waals surface area contributed by atoms with E-state index in [4.69, 9.17) is 16.9 Å². The molecule has 2 aromatic rings. The lowest BCUT2D eigenvalue weighted by Crippen LogP contribution is -2.30. The zero-order chi connectivity index (χ0) is 17.8. The van der Waals surface area contributed by atoms with E-state index >= 15 is 0 Å². The largest absolute Gasteiger partial charge is 0.369 e. The Kier molecular flexibility index (Phi) is 5.00. The first-order chi connectivity index (χ1) is 12.1. The van der Waals surface area contributed by atoms with Crippen molar-refractivity contribution in [2.24, 2.45) is 0 Å².